The first-order valence-electron chi connectivity index (χ1n) is 9.33. The lowest BCUT2D eigenvalue weighted by molar-refractivity contribution is -0.139. The minimum absolute atomic E-state index is 0.0628. The van der Waals surface area contributed by atoms with Gasteiger partial charge >= 0.3 is 23.9 Å². The van der Waals surface area contributed by atoms with E-state index in [1.807, 2.05) is 0 Å². The van der Waals surface area contributed by atoms with Gasteiger partial charge in [-0.3, -0.25) is 19.2 Å². The quantitative estimate of drug-likeness (QED) is 0.183. The van der Waals surface area contributed by atoms with Crippen molar-refractivity contribution < 1.29 is 54.9 Å². The van der Waals surface area contributed by atoms with Crippen LogP contribution in [0.3, 0.4) is 0 Å². The van der Waals surface area contributed by atoms with Crippen LogP contribution in [0.25, 0.3) is 0 Å². The van der Waals surface area contributed by atoms with E-state index in [0.717, 1.165) is 6.42 Å². The molecule has 11 heteroatoms. The minimum atomic E-state index is -0.870. The fourth-order valence-electron chi connectivity index (χ4n) is 1.69. The van der Waals surface area contributed by atoms with Gasteiger partial charge in [-0.2, -0.15) is 0 Å². The first-order valence-corrected chi connectivity index (χ1v) is 9.33. The van der Waals surface area contributed by atoms with Gasteiger partial charge in [-0.25, -0.2) is 0 Å². The van der Waals surface area contributed by atoms with Crippen molar-refractivity contribution in [3.8, 4) is 0 Å². The lowest BCUT2D eigenvalue weighted by atomic mass is 10.2. The topological polar surface area (TPSA) is 210 Å². The molecule has 0 rings (SSSR count). The van der Waals surface area contributed by atoms with E-state index in [0.29, 0.717) is 38.5 Å². The van der Waals surface area contributed by atoms with Gasteiger partial charge < -0.3 is 35.7 Å². The number of carboxylic acid groups (broad SMARTS) is 4. The van der Waals surface area contributed by atoms with Crippen LogP contribution in [0, 0.1) is 0 Å². The second-order valence-corrected chi connectivity index (χ2v) is 6.04. The number of hydrogen-bond donors (Lipinski definition) is 7. The lowest BCUT2D eigenvalue weighted by Gasteiger charge is -2.03. The Morgan fingerprint density at radius 3 is 1.07 bits per heavy atom. The smallest absolute Gasteiger partial charge is 0.303 e. The summed E-state index contributed by atoms with van der Waals surface area (Å²) in [5.74, 6) is -3.48. The average molecular weight is 426 g/mol. The summed E-state index contributed by atoms with van der Waals surface area (Å²) in [6, 6.07) is 0. The van der Waals surface area contributed by atoms with E-state index in [1.54, 1.807) is 0 Å². The van der Waals surface area contributed by atoms with Gasteiger partial charge in [0.15, 0.2) is 0 Å². The number of carbonyl (C=O) groups is 4. The van der Waals surface area contributed by atoms with Gasteiger partial charge in [0.2, 0.25) is 0 Å². The zero-order chi connectivity index (χ0) is 23.1. The highest BCUT2D eigenvalue weighted by atomic mass is 16.4. The van der Waals surface area contributed by atoms with Crippen molar-refractivity contribution in [3.63, 3.8) is 0 Å². The first kappa shape index (κ1) is 31.5. The molecule has 0 aliphatic carbocycles. The highest BCUT2D eigenvalue weighted by Crippen LogP contribution is 2.00. The maximum atomic E-state index is 9.90. The van der Waals surface area contributed by atoms with Crippen LogP contribution in [0.1, 0.15) is 70.6 Å². The van der Waals surface area contributed by atoms with E-state index in [4.69, 9.17) is 35.7 Å². The lowest BCUT2D eigenvalue weighted by Crippen LogP contribution is -2.11. The molecule has 0 saturated heterocycles. The Labute approximate surface area is 169 Å². The largest absolute Gasteiger partial charge is 0.481 e. The van der Waals surface area contributed by atoms with E-state index in [-0.39, 0.29) is 38.9 Å². The molecule has 0 saturated carbocycles. The Morgan fingerprint density at radius 1 is 0.552 bits per heavy atom. The van der Waals surface area contributed by atoms with Gasteiger partial charge in [-0.15, -0.1) is 0 Å². The molecular weight excluding hydrogens is 392 g/mol. The van der Waals surface area contributed by atoms with Crippen LogP contribution < -0.4 is 0 Å². The molecule has 0 aliphatic rings. The number of hydrogen-bond acceptors (Lipinski definition) is 7. The van der Waals surface area contributed by atoms with Crippen LogP contribution in [-0.4, -0.2) is 78.9 Å². The number of carboxylic acids is 4. The summed E-state index contributed by atoms with van der Waals surface area (Å²) in [5.41, 5.74) is 0. The fraction of sp³-hybridized carbons (Fsp3) is 0.778. The second kappa shape index (κ2) is 23.8. The number of rotatable bonds is 15. The van der Waals surface area contributed by atoms with Gasteiger partial charge in [0.1, 0.15) is 0 Å². The SMILES string of the molecule is O=C(O)CCCCC(=O)O.O=C(O)CCCCC(=O)O.OCCCCC(O)CO. The second-order valence-electron chi connectivity index (χ2n) is 6.04. The van der Waals surface area contributed by atoms with E-state index >= 15 is 0 Å². The van der Waals surface area contributed by atoms with Crippen LogP contribution in [-0.2, 0) is 19.2 Å². The Morgan fingerprint density at radius 2 is 0.862 bits per heavy atom. The van der Waals surface area contributed by atoms with Gasteiger partial charge in [0.05, 0.1) is 12.7 Å². The predicted octanol–water partition coefficient (Wildman–Crippen LogP) is 0.934. The van der Waals surface area contributed by atoms with Crippen LogP contribution >= 0.6 is 0 Å². The molecule has 0 amide bonds. The Kier molecular flexibility index (Phi) is 25.8. The summed E-state index contributed by atoms with van der Waals surface area (Å²) in [7, 11) is 0. The van der Waals surface area contributed by atoms with Crippen LogP contribution in [0.2, 0.25) is 0 Å². The molecule has 0 aliphatic heterocycles. The maximum absolute atomic E-state index is 9.90. The molecule has 0 spiro atoms. The van der Waals surface area contributed by atoms with E-state index < -0.39 is 30.0 Å². The molecular formula is C18H34O11. The van der Waals surface area contributed by atoms with Crippen LogP contribution in [0.5, 0.6) is 0 Å². The van der Waals surface area contributed by atoms with Gasteiger partial charge in [0, 0.05) is 32.3 Å². The monoisotopic (exact) mass is 426 g/mol. The zero-order valence-corrected chi connectivity index (χ0v) is 16.5. The van der Waals surface area contributed by atoms with Crippen molar-refractivity contribution in [1.82, 2.24) is 0 Å². The highest BCUT2D eigenvalue weighted by Gasteiger charge is 2.00. The summed E-state index contributed by atoms with van der Waals surface area (Å²) in [5, 5.41) is 57.9. The van der Waals surface area contributed by atoms with Crippen molar-refractivity contribution in [2.75, 3.05) is 13.2 Å². The molecule has 0 aromatic heterocycles. The number of aliphatic carboxylic acids is 4. The maximum Gasteiger partial charge on any atom is 0.303 e. The predicted molar refractivity (Wildman–Crippen MR) is 102 cm³/mol. The van der Waals surface area contributed by atoms with Crippen LogP contribution in [0.15, 0.2) is 0 Å². The van der Waals surface area contributed by atoms with E-state index in [9.17, 15) is 19.2 Å². The van der Waals surface area contributed by atoms with Crippen molar-refractivity contribution in [1.29, 1.82) is 0 Å². The molecule has 11 nitrogen and oxygen atoms in total. The molecule has 1 unspecified atom stereocenters. The molecule has 172 valence electrons. The fourth-order valence-corrected chi connectivity index (χ4v) is 1.69. The van der Waals surface area contributed by atoms with E-state index in [1.165, 1.54) is 0 Å². The summed E-state index contributed by atoms with van der Waals surface area (Å²) in [6.07, 6.45) is 3.50. The van der Waals surface area contributed by atoms with Gasteiger partial charge in [0.25, 0.3) is 0 Å². The third-order valence-electron chi connectivity index (χ3n) is 3.22. The molecule has 7 N–H and O–H groups in total. The zero-order valence-electron chi connectivity index (χ0n) is 16.5. The minimum Gasteiger partial charge on any atom is -0.481 e. The highest BCUT2D eigenvalue weighted by molar-refractivity contribution is 5.68. The third kappa shape index (κ3) is 41.3. The molecule has 0 aromatic rings. The molecule has 0 heterocycles. The number of unbranched alkanes of at least 4 members (excludes halogenated alkanes) is 3. The number of aliphatic hydroxyl groups excluding tert-OH is 3. The Hall–Kier alpha value is -2.24. The summed E-state index contributed by atoms with van der Waals surface area (Å²) in [4.78, 5) is 39.6. The molecule has 0 radical (unpaired) electrons. The molecule has 0 aromatic carbocycles. The normalized spacial score (nSPS) is 10.6. The first-order chi connectivity index (χ1) is 13.6. The van der Waals surface area contributed by atoms with Crippen LogP contribution in [0.4, 0.5) is 0 Å². The average Bonchev–Trinajstić information content (AvgIpc) is 2.63. The Balaban J connectivity index is -0.000000350. The van der Waals surface area contributed by atoms with Crippen molar-refractivity contribution in [3.05, 3.63) is 0 Å². The summed E-state index contributed by atoms with van der Waals surface area (Å²) in [6.45, 7) is -0.0103. The molecule has 0 fully saturated rings. The molecule has 0 bridgehead atoms. The Bertz CT molecular complexity index is 374. The molecule has 1 atom stereocenters. The summed E-state index contributed by atoms with van der Waals surface area (Å²) < 4.78 is 0. The third-order valence-corrected chi connectivity index (χ3v) is 3.22. The van der Waals surface area contributed by atoms with Crippen molar-refractivity contribution in [2.24, 2.45) is 0 Å². The molecule has 29 heavy (non-hydrogen) atoms. The van der Waals surface area contributed by atoms with Crippen molar-refractivity contribution in [2.45, 2.75) is 76.7 Å². The van der Waals surface area contributed by atoms with Crippen molar-refractivity contribution >= 4 is 23.9 Å². The standard InChI is InChI=1S/2C6H10O4.C6H14O3/c2*7-5(8)3-1-2-4-6(9)10;7-4-2-1-3-6(9)5-8/h2*1-4H2,(H,7,8)(H,9,10);6-9H,1-5H2. The van der Waals surface area contributed by atoms with E-state index in [2.05, 4.69) is 0 Å². The number of aliphatic hydroxyl groups is 3. The van der Waals surface area contributed by atoms with Gasteiger partial charge in [-0.1, -0.05) is 0 Å². The van der Waals surface area contributed by atoms with Gasteiger partial charge in [-0.05, 0) is 44.9 Å². The summed E-state index contributed by atoms with van der Waals surface area (Å²) >= 11 is 0.